The van der Waals surface area contributed by atoms with Gasteiger partial charge >= 0.3 is 0 Å². The summed E-state index contributed by atoms with van der Waals surface area (Å²) in [6.07, 6.45) is 4.13. The van der Waals surface area contributed by atoms with Gasteiger partial charge in [-0.05, 0) is 58.6 Å². The molecule has 29 heavy (non-hydrogen) atoms. The molecular weight excluding hydrogens is 360 g/mol. The zero-order chi connectivity index (χ0) is 21.3. The van der Waals surface area contributed by atoms with Crippen LogP contribution in [0.3, 0.4) is 0 Å². The van der Waals surface area contributed by atoms with Crippen molar-refractivity contribution in [3.63, 3.8) is 0 Å². The summed E-state index contributed by atoms with van der Waals surface area (Å²) in [7, 11) is 0. The summed E-state index contributed by atoms with van der Waals surface area (Å²) >= 11 is 0. The second-order valence-corrected chi connectivity index (χ2v) is 8.64. The van der Waals surface area contributed by atoms with Crippen molar-refractivity contribution >= 4 is 23.2 Å². The number of benzene rings is 1. The predicted octanol–water partition coefficient (Wildman–Crippen LogP) is 5.56. The van der Waals surface area contributed by atoms with E-state index in [4.69, 9.17) is 9.97 Å². The third-order valence-electron chi connectivity index (χ3n) is 5.69. The molecule has 1 amide bonds. The van der Waals surface area contributed by atoms with Crippen molar-refractivity contribution in [3.05, 3.63) is 40.2 Å². The Balaban J connectivity index is 2.13. The van der Waals surface area contributed by atoms with Gasteiger partial charge < -0.3 is 5.32 Å². The van der Waals surface area contributed by atoms with E-state index < -0.39 is 0 Å². The second kappa shape index (κ2) is 8.52. The van der Waals surface area contributed by atoms with E-state index in [9.17, 15) is 4.79 Å². The summed E-state index contributed by atoms with van der Waals surface area (Å²) in [6, 6.07) is 4.60. The number of amides is 1. The smallest absolute Gasteiger partial charge is 0.235 e. The lowest BCUT2D eigenvalue weighted by Gasteiger charge is -2.35. The van der Waals surface area contributed by atoms with Gasteiger partial charge in [0, 0.05) is 17.5 Å². The SMILES string of the molecule is CCCCC(C)Nc1nc(C)nc2c1CC(C)C(=O)N2c1c(C)cc(C)cc1C. The Bertz CT molecular complexity index is 898. The standard InChI is InChI=1S/C24H34N4O/c1-8-9-10-18(6)25-22-20-13-17(5)24(29)28(23(20)27-19(7)26-22)21-15(3)11-14(2)12-16(21)4/h11-12,17-18H,8-10,13H2,1-7H3,(H,25,26,27). The maximum Gasteiger partial charge on any atom is 0.235 e. The van der Waals surface area contributed by atoms with Crippen molar-refractivity contribution < 1.29 is 4.79 Å². The highest BCUT2D eigenvalue weighted by Crippen LogP contribution is 2.41. The van der Waals surface area contributed by atoms with Gasteiger partial charge in [-0.15, -0.1) is 0 Å². The molecule has 2 atom stereocenters. The molecule has 1 aromatic heterocycles. The van der Waals surface area contributed by atoms with Crippen LogP contribution in [0.2, 0.25) is 0 Å². The lowest BCUT2D eigenvalue weighted by Crippen LogP contribution is -2.39. The Morgan fingerprint density at radius 3 is 2.45 bits per heavy atom. The van der Waals surface area contributed by atoms with Crippen molar-refractivity contribution in [2.24, 2.45) is 5.92 Å². The van der Waals surface area contributed by atoms with Crippen molar-refractivity contribution in [2.45, 2.75) is 80.2 Å². The minimum absolute atomic E-state index is 0.107. The number of rotatable bonds is 6. The molecule has 0 saturated carbocycles. The second-order valence-electron chi connectivity index (χ2n) is 8.64. The zero-order valence-corrected chi connectivity index (χ0v) is 18.9. The molecule has 5 nitrogen and oxygen atoms in total. The average molecular weight is 395 g/mol. The van der Waals surface area contributed by atoms with Crippen molar-refractivity contribution in [2.75, 3.05) is 10.2 Å². The van der Waals surface area contributed by atoms with Gasteiger partial charge in [-0.3, -0.25) is 9.69 Å². The third kappa shape index (κ3) is 4.29. The van der Waals surface area contributed by atoms with Gasteiger partial charge in [0.15, 0.2) is 0 Å². The van der Waals surface area contributed by atoms with E-state index in [1.165, 1.54) is 18.4 Å². The van der Waals surface area contributed by atoms with Crippen LogP contribution in [0, 0.1) is 33.6 Å². The molecule has 1 aliphatic heterocycles. The fourth-order valence-corrected chi connectivity index (χ4v) is 4.35. The number of carbonyl (C=O) groups excluding carboxylic acids is 1. The molecule has 2 heterocycles. The van der Waals surface area contributed by atoms with E-state index in [1.54, 1.807) is 0 Å². The van der Waals surface area contributed by atoms with Crippen LogP contribution in [0.5, 0.6) is 0 Å². The first kappa shape index (κ1) is 21.3. The number of anilines is 3. The highest BCUT2D eigenvalue weighted by molar-refractivity contribution is 6.05. The maximum absolute atomic E-state index is 13.3. The van der Waals surface area contributed by atoms with Crippen molar-refractivity contribution in [3.8, 4) is 0 Å². The minimum Gasteiger partial charge on any atom is -0.367 e. The van der Waals surface area contributed by atoms with Crippen LogP contribution < -0.4 is 10.2 Å². The number of unbranched alkanes of at least 4 members (excludes halogenated alkanes) is 1. The number of fused-ring (bicyclic) bond motifs is 1. The number of hydrogen-bond acceptors (Lipinski definition) is 4. The van der Waals surface area contributed by atoms with Gasteiger partial charge in [-0.2, -0.15) is 0 Å². The molecule has 2 aromatic rings. The average Bonchev–Trinajstić information content (AvgIpc) is 2.63. The Hall–Kier alpha value is -2.43. The minimum atomic E-state index is -0.111. The van der Waals surface area contributed by atoms with Crippen molar-refractivity contribution in [1.29, 1.82) is 0 Å². The molecule has 5 heteroatoms. The summed E-state index contributed by atoms with van der Waals surface area (Å²) in [6.45, 7) is 14.5. The van der Waals surface area contributed by atoms with Crippen LogP contribution in [0.25, 0.3) is 0 Å². The Morgan fingerprint density at radius 1 is 1.17 bits per heavy atom. The molecule has 0 fully saturated rings. The first-order valence-corrected chi connectivity index (χ1v) is 10.8. The van der Waals surface area contributed by atoms with Crippen molar-refractivity contribution in [1.82, 2.24) is 9.97 Å². The molecule has 0 spiro atoms. The highest BCUT2D eigenvalue weighted by atomic mass is 16.2. The molecule has 0 saturated heterocycles. The van der Waals surface area contributed by atoms with Gasteiger partial charge in [-0.25, -0.2) is 9.97 Å². The summed E-state index contributed by atoms with van der Waals surface area (Å²) in [5.74, 6) is 2.29. The van der Waals surface area contributed by atoms with E-state index in [-0.39, 0.29) is 11.8 Å². The van der Waals surface area contributed by atoms with Crippen LogP contribution >= 0.6 is 0 Å². The molecule has 0 radical (unpaired) electrons. The molecule has 0 bridgehead atoms. The van der Waals surface area contributed by atoms with Crippen LogP contribution in [-0.4, -0.2) is 21.9 Å². The third-order valence-corrected chi connectivity index (χ3v) is 5.69. The van der Waals surface area contributed by atoms with E-state index in [2.05, 4.69) is 52.1 Å². The van der Waals surface area contributed by atoms with E-state index in [0.717, 1.165) is 40.4 Å². The fourth-order valence-electron chi connectivity index (χ4n) is 4.35. The fraction of sp³-hybridized carbons (Fsp3) is 0.542. The molecule has 2 unspecified atom stereocenters. The van der Waals surface area contributed by atoms with Crippen LogP contribution in [0.4, 0.5) is 17.3 Å². The number of nitrogens with zero attached hydrogens (tertiary/aromatic N) is 3. The number of nitrogens with one attached hydrogen (secondary N) is 1. The van der Waals surface area contributed by atoms with Crippen LogP contribution in [0.15, 0.2) is 12.1 Å². The number of aryl methyl sites for hydroxylation is 4. The van der Waals surface area contributed by atoms with Gasteiger partial charge in [0.1, 0.15) is 17.5 Å². The molecule has 3 rings (SSSR count). The van der Waals surface area contributed by atoms with E-state index >= 15 is 0 Å². The van der Waals surface area contributed by atoms with E-state index in [1.807, 2.05) is 18.7 Å². The monoisotopic (exact) mass is 394 g/mol. The highest BCUT2D eigenvalue weighted by Gasteiger charge is 2.36. The first-order valence-electron chi connectivity index (χ1n) is 10.8. The molecule has 1 aliphatic rings. The summed E-state index contributed by atoms with van der Waals surface area (Å²) < 4.78 is 0. The normalized spacial score (nSPS) is 17.3. The Labute approximate surface area is 175 Å². The topological polar surface area (TPSA) is 58.1 Å². The van der Waals surface area contributed by atoms with Gasteiger partial charge in [0.2, 0.25) is 5.91 Å². The molecule has 1 N–H and O–H groups in total. The zero-order valence-electron chi connectivity index (χ0n) is 18.9. The van der Waals surface area contributed by atoms with E-state index in [0.29, 0.717) is 18.3 Å². The summed E-state index contributed by atoms with van der Waals surface area (Å²) in [5.41, 5.74) is 5.39. The lowest BCUT2D eigenvalue weighted by molar-refractivity contribution is -0.121. The molecule has 156 valence electrons. The quantitative estimate of drug-likeness (QED) is 0.697. The first-order chi connectivity index (χ1) is 13.7. The van der Waals surface area contributed by atoms with Gasteiger partial charge in [0.05, 0.1) is 5.69 Å². The predicted molar refractivity (Wildman–Crippen MR) is 120 cm³/mol. The number of aromatic nitrogens is 2. The molecular formula is C24H34N4O. The lowest BCUT2D eigenvalue weighted by atomic mass is 9.93. The number of carbonyl (C=O) groups is 1. The summed E-state index contributed by atoms with van der Waals surface area (Å²) in [5, 5.41) is 3.60. The molecule has 0 aliphatic carbocycles. The largest absolute Gasteiger partial charge is 0.367 e. The van der Waals surface area contributed by atoms with Gasteiger partial charge in [0.25, 0.3) is 0 Å². The van der Waals surface area contributed by atoms with Crippen LogP contribution in [-0.2, 0) is 11.2 Å². The Kier molecular flexibility index (Phi) is 6.25. The maximum atomic E-state index is 13.3. The molecule has 1 aromatic carbocycles. The van der Waals surface area contributed by atoms with Crippen LogP contribution in [0.1, 0.15) is 68.1 Å². The summed E-state index contributed by atoms with van der Waals surface area (Å²) in [4.78, 5) is 24.6. The Morgan fingerprint density at radius 2 is 1.83 bits per heavy atom. The number of hydrogen-bond donors (Lipinski definition) is 1. The van der Waals surface area contributed by atoms with Gasteiger partial charge in [-0.1, -0.05) is 44.4 Å².